The smallest absolute Gasteiger partial charge is 0.0188 e. The Kier molecular flexibility index (Phi) is 4.56. The maximum atomic E-state index is 5.90. The molecule has 0 saturated carbocycles. The monoisotopic (exact) mass is 202 g/mol. The van der Waals surface area contributed by atoms with Gasteiger partial charge in [-0.15, -0.1) is 0 Å². The van der Waals surface area contributed by atoms with Crippen molar-refractivity contribution in [3.05, 3.63) is 0 Å². The van der Waals surface area contributed by atoms with Crippen LogP contribution in [0.25, 0.3) is 0 Å². The van der Waals surface area contributed by atoms with Crippen molar-refractivity contribution in [1.82, 2.24) is 4.90 Å². The number of hydrogen-bond donors (Lipinski definition) is 1. The van der Waals surface area contributed by atoms with Gasteiger partial charge in [0, 0.05) is 23.6 Å². The molecule has 1 saturated heterocycles. The van der Waals surface area contributed by atoms with Crippen LogP contribution in [-0.2, 0) is 0 Å². The van der Waals surface area contributed by atoms with Gasteiger partial charge in [-0.3, -0.25) is 0 Å². The summed E-state index contributed by atoms with van der Waals surface area (Å²) in [4.78, 5) is 2.55. The summed E-state index contributed by atoms with van der Waals surface area (Å²) in [5.41, 5.74) is 5.89. The van der Waals surface area contributed by atoms with E-state index >= 15 is 0 Å². The molecular formula is C10H22N2S. The third-order valence-corrected chi connectivity index (χ3v) is 3.64. The Hall–Kier alpha value is 0.270. The standard InChI is InChI=1S/C10H22N2S/c1-10(2,11)9-13-8-7-12-5-3-4-6-12/h3-9,11H2,1-2H3. The average molecular weight is 202 g/mol. The van der Waals surface area contributed by atoms with Gasteiger partial charge in [-0.25, -0.2) is 0 Å². The minimum Gasteiger partial charge on any atom is -0.325 e. The first-order valence-electron chi connectivity index (χ1n) is 5.17. The van der Waals surface area contributed by atoms with Crippen molar-refractivity contribution in [3.63, 3.8) is 0 Å². The van der Waals surface area contributed by atoms with Crippen LogP contribution in [0.4, 0.5) is 0 Å². The zero-order chi connectivity index (χ0) is 9.73. The molecular weight excluding hydrogens is 180 g/mol. The summed E-state index contributed by atoms with van der Waals surface area (Å²) in [7, 11) is 0. The maximum absolute atomic E-state index is 5.90. The largest absolute Gasteiger partial charge is 0.325 e. The van der Waals surface area contributed by atoms with Crippen LogP contribution in [0, 0.1) is 0 Å². The number of thioether (sulfide) groups is 1. The van der Waals surface area contributed by atoms with E-state index in [1.807, 2.05) is 11.8 Å². The Morgan fingerprint density at radius 1 is 1.31 bits per heavy atom. The molecule has 1 fully saturated rings. The van der Waals surface area contributed by atoms with E-state index in [1.54, 1.807) is 0 Å². The van der Waals surface area contributed by atoms with Crippen molar-refractivity contribution >= 4 is 11.8 Å². The number of hydrogen-bond acceptors (Lipinski definition) is 3. The molecule has 2 nitrogen and oxygen atoms in total. The van der Waals surface area contributed by atoms with Crippen molar-refractivity contribution in [1.29, 1.82) is 0 Å². The molecule has 0 atom stereocenters. The van der Waals surface area contributed by atoms with Gasteiger partial charge in [0.05, 0.1) is 0 Å². The lowest BCUT2D eigenvalue weighted by molar-refractivity contribution is 0.362. The third kappa shape index (κ3) is 5.55. The van der Waals surface area contributed by atoms with Crippen LogP contribution in [0.1, 0.15) is 26.7 Å². The molecule has 1 aliphatic rings. The molecule has 0 aromatic carbocycles. The lowest BCUT2D eigenvalue weighted by atomic mass is 10.1. The molecule has 78 valence electrons. The zero-order valence-electron chi connectivity index (χ0n) is 8.88. The van der Waals surface area contributed by atoms with Gasteiger partial charge in [0.1, 0.15) is 0 Å². The molecule has 0 aromatic heterocycles. The van der Waals surface area contributed by atoms with E-state index in [2.05, 4.69) is 18.7 Å². The van der Waals surface area contributed by atoms with Gasteiger partial charge in [0.15, 0.2) is 0 Å². The minimum absolute atomic E-state index is 0.00429. The Labute approximate surface area is 86.2 Å². The van der Waals surface area contributed by atoms with Crippen molar-refractivity contribution in [3.8, 4) is 0 Å². The molecule has 1 rings (SSSR count). The number of rotatable bonds is 5. The van der Waals surface area contributed by atoms with Crippen LogP contribution >= 0.6 is 11.8 Å². The summed E-state index contributed by atoms with van der Waals surface area (Å²) in [6.07, 6.45) is 2.79. The summed E-state index contributed by atoms with van der Waals surface area (Å²) in [6.45, 7) is 8.06. The van der Waals surface area contributed by atoms with Crippen molar-refractivity contribution < 1.29 is 0 Å². The third-order valence-electron chi connectivity index (χ3n) is 2.22. The number of likely N-dealkylation sites (tertiary alicyclic amines) is 1. The summed E-state index contributed by atoms with van der Waals surface area (Å²) in [6, 6.07) is 0. The highest BCUT2D eigenvalue weighted by Crippen LogP contribution is 2.12. The van der Waals surface area contributed by atoms with Gasteiger partial charge >= 0.3 is 0 Å². The molecule has 0 amide bonds. The summed E-state index contributed by atoms with van der Waals surface area (Å²) in [5.74, 6) is 2.31. The molecule has 0 aliphatic carbocycles. The molecule has 0 bridgehead atoms. The Morgan fingerprint density at radius 2 is 1.92 bits per heavy atom. The Bertz CT molecular complexity index is 136. The van der Waals surface area contributed by atoms with Crippen LogP contribution < -0.4 is 5.73 Å². The van der Waals surface area contributed by atoms with Crippen LogP contribution in [-0.4, -0.2) is 41.6 Å². The van der Waals surface area contributed by atoms with Gasteiger partial charge in [0.2, 0.25) is 0 Å². The lowest BCUT2D eigenvalue weighted by Crippen LogP contribution is -2.35. The lowest BCUT2D eigenvalue weighted by Gasteiger charge is -2.19. The van der Waals surface area contributed by atoms with E-state index < -0.39 is 0 Å². The first kappa shape index (κ1) is 11.3. The fourth-order valence-corrected chi connectivity index (χ4v) is 2.59. The molecule has 0 spiro atoms. The number of nitrogens with zero attached hydrogens (tertiary/aromatic N) is 1. The first-order chi connectivity index (χ1) is 6.08. The highest BCUT2D eigenvalue weighted by molar-refractivity contribution is 7.99. The Balaban J connectivity index is 1.94. The second-order valence-electron chi connectivity index (χ2n) is 4.59. The summed E-state index contributed by atoms with van der Waals surface area (Å²) in [5, 5.41) is 0. The fraction of sp³-hybridized carbons (Fsp3) is 1.00. The van der Waals surface area contributed by atoms with Crippen molar-refractivity contribution in [2.24, 2.45) is 5.73 Å². The molecule has 1 heterocycles. The maximum Gasteiger partial charge on any atom is 0.0188 e. The SMILES string of the molecule is CC(C)(N)CSCCN1CCCC1. The second kappa shape index (κ2) is 5.23. The van der Waals surface area contributed by atoms with Crippen LogP contribution in [0.5, 0.6) is 0 Å². The van der Waals surface area contributed by atoms with Gasteiger partial charge in [-0.1, -0.05) is 0 Å². The fourth-order valence-electron chi connectivity index (χ4n) is 1.54. The van der Waals surface area contributed by atoms with Crippen LogP contribution in [0.2, 0.25) is 0 Å². The van der Waals surface area contributed by atoms with Crippen LogP contribution in [0.15, 0.2) is 0 Å². The van der Waals surface area contributed by atoms with E-state index in [4.69, 9.17) is 5.73 Å². The minimum atomic E-state index is -0.00429. The quantitative estimate of drug-likeness (QED) is 0.686. The predicted molar refractivity (Wildman–Crippen MR) is 61.3 cm³/mol. The van der Waals surface area contributed by atoms with E-state index in [0.717, 1.165) is 5.75 Å². The zero-order valence-corrected chi connectivity index (χ0v) is 9.70. The van der Waals surface area contributed by atoms with E-state index in [0.29, 0.717) is 0 Å². The van der Waals surface area contributed by atoms with Crippen LogP contribution in [0.3, 0.4) is 0 Å². The predicted octanol–water partition coefficient (Wildman–Crippen LogP) is 1.55. The highest BCUT2D eigenvalue weighted by atomic mass is 32.2. The molecule has 0 aromatic rings. The molecule has 1 aliphatic heterocycles. The molecule has 13 heavy (non-hydrogen) atoms. The average Bonchev–Trinajstić information content (AvgIpc) is 2.48. The molecule has 0 unspecified atom stereocenters. The van der Waals surface area contributed by atoms with Gasteiger partial charge in [0.25, 0.3) is 0 Å². The second-order valence-corrected chi connectivity index (χ2v) is 5.70. The van der Waals surface area contributed by atoms with Gasteiger partial charge in [-0.2, -0.15) is 11.8 Å². The Morgan fingerprint density at radius 3 is 2.46 bits per heavy atom. The van der Waals surface area contributed by atoms with Gasteiger partial charge < -0.3 is 10.6 Å². The van der Waals surface area contributed by atoms with E-state index in [9.17, 15) is 0 Å². The normalized spacial score (nSPS) is 19.6. The van der Waals surface area contributed by atoms with E-state index in [1.165, 1.54) is 38.2 Å². The molecule has 3 heteroatoms. The summed E-state index contributed by atoms with van der Waals surface area (Å²) >= 11 is 1.98. The van der Waals surface area contributed by atoms with Crippen molar-refractivity contribution in [2.75, 3.05) is 31.1 Å². The highest BCUT2D eigenvalue weighted by Gasteiger charge is 2.12. The van der Waals surface area contributed by atoms with E-state index in [-0.39, 0.29) is 5.54 Å². The molecule has 2 N–H and O–H groups in total. The van der Waals surface area contributed by atoms with Crippen molar-refractivity contribution in [2.45, 2.75) is 32.2 Å². The molecule has 0 radical (unpaired) electrons. The topological polar surface area (TPSA) is 29.3 Å². The summed E-state index contributed by atoms with van der Waals surface area (Å²) < 4.78 is 0. The van der Waals surface area contributed by atoms with Gasteiger partial charge in [-0.05, 0) is 39.8 Å². The number of nitrogens with two attached hydrogens (primary N) is 1. The first-order valence-corrected chi connectivity index (χ1v) is 6.32.